The molecule has 3 rings (SSSR count). The Morgan fingerprint density at radius 2 is 1.88 bits per heavy atom. The lowest BCUT2D eigenvalue weighted by atomic mass is 10.1. The minimum atomic E-state index is -0.504. The number of rotatable bonds is 8. The molecule has 0 heterocycles. The molecular weight excluding hydrogens is 539 g/mol. The first kappa shape index (κ1) is 25.6. The van der Waals surface area contributed by atoms with E-state index in [0.717, 1.165) is 11.1 Å². The van der Waals surface area contributed by atoms with E-state index >= 15 is 0 Å². The summed E-state index contributed by atoms with van der Waals surface area (Å²) >= 11 is 15.7. The molecule has 3 aromatic rings. The van der Waals surface area contributed by atoms with Crippen LogP contribution < -0.4 is 14.8 Å². The van der Waals surface area contributed by atoms with Gasteiger partial charge in [0.25, 0.3) is 5.91 Å². The van der Waals surface area contributed by atoms with Crippen molar-refractivity contribution in [3.8, 4) is 17.6 Å². The summed E-state index contributed by atoms with van der Waals surface area (Å²) in [6.07, 6.45) is 1.50. The molecule has 3 aromatic carbocycles. The van der Waals surface area contributed by atoms with Gasteiger partial charge >= 0.3 is 0 Å². The van der Waals surface area contributed by atoms with Gasteiger partial charge in [0.15, 0.2) is 11.5 Å². The summed E-state index contributed by atoms with van der Waals surface area (Å²) in [5.74, 6) is 0.452. The Balaban J connectivity index is 1.86. The summed E-state index contributed by atoms with van der Waals surface area (Å²) in [4.78, 5) is 12.7. The maximum absolute atomic E-state index is 12.7. The lowest BCUT2D eigenvalue weighted by Gasteiger charge is -2.15. The highest BCUT2D eigenvalue weighted by Crippen LogP contribution is 2.36. The molecule has 0 unspecified atom stereocenters. The fourth-order valence-electron chi connectivity index (χ4n) is 3.06. The zero-order valence-electron chi connectivity index (χ0n) is 18.5. The number of nitrogens with zero attached hydrogens (tertiary/aromatic N) is 1. The summed E-state index contributed by atoms with van der Waals surface area (Å²) in [7, 11) is 0. The lowest BCUT2D eigenvalue weighted by molar-refractivity contribution is -0.112. The van der Waals surface area contributed by atoms with Crippen molar-refractivity contribution in [1.29, 1.82) is 5.26 Å². The van der Waals surface area contributed by atoms with E-state index in [2.05, 4.69) is 21.2 Å². The summed E-state index contributed by atoms with van der Waals surface area (Å²) in [6.45, 7) is 4.39. The van der Waals surface area contributed by atoms with E-state index in [1.54, 1.807) is 36.4 Å². The smallest absolute Gasteiger partial charge is 0.266 e. The Kier molecular flexibility index (Phi) is 9.00. The third-order valence-corrected chi connectivity index (χ3v) is 5.98. The van der Waals surface area contributed by atoms with Crippen molar-refractivity contribution in [3.05, 3.63) is 91.4 Å². The average Bonchev–Trinajstić information content (AvgIpc) is 2.79. The molecule has 34 heavy (non-hydrogen) atoms. The molecule has 0 fully saturated rings. The van der Waals surface area contributed by atoms with E-state index in [0.29, 0.717) is 43.9 Å². The molecule has 0 radical (unpaired) electrons. The largest absolute Gasteiger partial charge is 0.490 e. The van der Waals surface area contributed by atoms with E-state index in [1.807, 2.05) is 38.1 Å². The van der Waals surface area contributed by atoms with Crippen molar-refractivity contribution in [2.45, 2.75) is 20.5 Å². The van der Waals surface area contributed by atoms with Crippen LogP contribution in [0.4, 0.5) is 5.69 Å². The molecule has 1 amide bonds. The summed E-state index contributed by atoms with van der Waals surface area (Å²) in [5.41, 5.74) is 2.93. The third-order valence-electron chi connectivity index (χ3n) is 4.70. The van der Waals surface area contributed by atoms with Gasteiger partial charge < -0.3 is 14.8 Å². The van der Waals surface area contributed by atoms with Gasteiger partial charge in [0.05, 0.1) is 6.61 Å². The molecule has 0 aliphatic heterocycles. The van der Waals surface area contributed by atoms with Crippen LogP contribution in [-0.4, -0.2) is 12.5 Å². The topological polar surface area (TPSA) is 71.3 Å². The predicted octanol–water partition coefficient (Wildman–Crippen LogP) is 7.59. The number of carbonyl (C=O) groups is 1. The van der Waals surface area contributed by atoms with Gasteiger partial charge in [-0.25, -0.2) is 0 Å². The number of hydrogen-bond acceptors (Lipinski definition) is 4. The number of amides is 1. The molecule has 0 aromatic heterocycles. The zero-order valence-corrected chi connectivity index (χ0v) is 21.6. The average molecular weight is 560 g/mol. The highest BCUT2D eigenvalue weighted by atomic mass is 79.9. The van der Waals surface area contributed by atoms with Crippen molar-refractivity contribution in [3.63, 3.8) is 0 Å². The molecule has 0 saturated carbocycles. The van der Waals surface area contributed by atoms with Crippen LogP contribution in [-0.2, 0) is 11.4 Å². The minimum absolute atomic E-state index is 0.0498. The Morgan fingerprint density at radius 1 is 1.12 bits per heavy atom. The van der Waals surface area contributed by atoms with E-state index < -0.39 is 5.91 Å². The fourth-order valence-corrected chi connectivity index (χ4v) is 3.96. The number of nitriles is 1. The molecule has 0 bridgehead atoms. The molecule has 174 valence electrons. The number of nitrogens with one attached hydrogen (secondary N) is 1. The Morgan fingerprint density at radius 3 is 2.56 bits per heavy atom. The second-order valence-corrected chi connectivity index (χ2v) is 8.97. The van der Waals surface area contributed by atoms with E-state index in [9.17, 15) is 10.1 Å². The number of hydrogen-bond donors (Lipinski definition) is 1. The molecule has 0 spiro atoms. The van der Waals surface area contributed by atoms with Crippen molar-refractivity contribution in [1.82, 2.24) is 0 Å². The van der Waals surface area contributed by atoms with Crippen LogP contribution in [0.15, 0.2) is 64.6 Å². The van der Waals surface area contributed by atoms with Crippen LogP contribution in [0.2, 0.25) is 10.0 Å². The second kappa shape index (κ2) is 11.9. The van der Waals surface area contributed by atoms with E-state index in [1.165, 1.54) is 6.08 Å². The fraction of sp³-hybridized carbons (Fsp3) is 0.154. The highest BCUT2D eigenvalue weighted by Gasteiger charge is 2.15. The van der Waals surface area contributed by atoms with Gasteiger partial charge in [0.1, 0.15) is 18.2 Å². The normalized spacial score (nSPS) is 11.0. The van der Waals surface area contributed by atoms with Crippen LogP contribution in [0, 0.1) is 18.3 Å². The molecule has 8 heteroatoms. The monoisotopic (exact) mass is 558 g/mol. The first-order valence-corrected chi connectivity index (χ1v) is 11.9. The van der Waals surface area contributed by atoms with E-state index in [4.69, 9.17) is 32.7 Å². The number of halogens is 3. The predicted molar refractivity (Wildman–Crippen MR) is 140 cm³/mol. The highest BCUT2D eigenvalue weighted by molar-refractivity contribution is 9.10. The third kappa shape index (κ3) is 6.77. The maximum atomic E-state index is 12.7. The van der Waals surface area contributed by atoms with Crippen molar-refractivity contribution in [2.75, 3.05) is 11.9 Å². The summed E-state index contributed by atoms with van der Waals surface area (Å²) < 4.78 is 12.3. The van der Waals surface area contributed by atoms with Crippen LogP contribution in [0.25, 0.3) is 6.08 Å². The van der Waals surface area contributed by atoms with Crippen LogP contribution >= 0.6 is 39.1 Å². The van der Waals surface area contributed by atoms with Gasteiger partial charge in [-0.15, -0.1) is 0 Å². The van der Waals surface area contributed by atoms with Crippen molar-refractivity contribution >= 4 is 56.8 Å². The number of benzene rings is 3. The first-order valence-electron chi connectivity index (χ1n) is 10.3. The van der Waals surface area contributed by atoms with Crippen molar-refractivity contribution in [2.24, 2.45) is 0 Å². The SMILES string of the molecule is CCOc1cc(/C=C(\C#N)C(=O)Nc2cccc(C)c2)c(Br)cc1OCc1ccc(Cl)cc1Cl. The molecule has 0 aliphatic rings. The number of anilines is 1. The lowest BCUT2D eigenvalue weighted by Crippen LogP contribution is -2.13. The van der Waals surface area contributed by atoms with Crippen LogP contribution in [0.5, 0.6) is 11.5 Å². The number of ether oxygens (including phenoxy) is 2. The van der Waals surface area contributed by atoms with Gasteiger partial charge in [-0.3, -0.25) is 4.79 Å². The van der Waals surface area contributed by atoms with Gasteiger partial charge in [-0.2, -0.15) is 5.26 Å². The van der Waals surface area contributed by atoms with Gasteiger partial charge in [0, 0.05) is 25.8 Å². The summed E-state index contributed by atoms with van der Waals surface area (Å²) in [5, 5.41) is 13.4. The number of carbonyl (C=O) groups excluding carboxylic acids is 1. The van der Waals surface area contributed by atoms with Crippen molar-refractivity contribution < 1.29 is 14.3 Å². The van der Waals surface area contributed by atoms with Gasteiger partial charge in [0.2, 0.25) is 0 Å². The molecular formula is C26H21BrCl2N2O3. The van der Waals surface area contributed by atoms with Crippen LogP contribution in [0.3, 0.4) is 0 Å². The standard InChI is InChI=1S/C26H21BrCl2N2O3/c1-3-33-24-11-18(10-19(14-30)26(32)31-21-6-4-5-16(2)9-21)22(27)13-25(24)34-15-17-7-8-20(28)12-23(17)29/h4-13H,3,15H2,1-2H3,(H,31,32)/b19-10+. The maximum Gasteiger partial charge on any atom is 0.266 e. The van der Waals surface area contributed by atoms with Crippen LogP contribution in [0.1, 0.15) is 23.6 Å². The van der Waals surface area contributed by atoms with E-state index in [-0.39, 0.29) is 12.2 Å². The Bertz CT molecular complexity index is 1290. The molecule has 0 saturated heterocycles. The molecule has 1 N–H and O–H groups in total. The zero-order chi connectivity index (χ0) is 24.7. The van der Waals surface area contributed by atoms with Gasteiger partial charge in [-0.1, -0.05) is 57.3 Å². The molecule has 0 aliphatic carbocycles. The summed E-state index contributed by atoms with van der Waals surface area (Å²) in [6, 6.07) is 18.0. The Labute approximate surface area is 217 Å². The number of aryl methyl sites for hydroxylation is 1. The Hall–Kier alpha value is -2.98. The molecule has 0 atom stereocenters. The quantitative estimate of drug-likeness (QED) is 0.228. The minimum Gasteiger partial charge on any atom is -0.490 e. The molecule has 5 nitrogen and oxygen atoms in total. The van der Waals surface area contributed by atoms with Gasteiger partial charge in [-0.05, 0) is 67.4 Å². The second-order valence-electron chi connectivity index (χ2n) is 7.27. The first-order chi connectivity index (χ1) is 16.3.